The van der Waals surface area contributed by atoms with Gasteiger partial charge in [0.25, 0.3) is 0 Å². The van der Waals surface area contributed by atoms with Crippen LogP contribution in [0.25, 0.3) is 0 Å². The molecule has 136 valence electrons. The second-order valence-corrected chi connectivity index (χ2v) is 6.06. The molecule has 7 heteroatoms. The van der Waals surface area contributed by atoms with Crippen molar-refractivity contribution in [1.29, 1.82) is 0 Å². The van der Waals surface area contributed by atoms with Gasteiger partial charge in [0.15, 0.2) is 0 Å². The molecule has 0 heterocycles. The molecule has 2 atom stereocenters. The average molecular weight is 363 g/mol. The zero-order valence-corrected chi connectivity index (χ0v) is 13.8. The lowest BCUT2D eigenvalue weighted by Crippen LogP contribution is -2.18. The largest absolute Gasteiger partial charge is 0.465 e. The first-order chi connectivity index (χ1) is 12.3. The van der Waals surface area contributed by atoms with Gasteiger partial charge in [0, 0.05) is 5.92 Å². The Bertz CT molecular complexity index is 848. The Balaban J connectivity index is 1.77. The van der Waals surface area contributed by atoms with Crippen LogP contribution in [0.2, 0.25) is 0 Å². The summed E-state index contributed by atoms with van der Waals surface area (Å²) in [6.07, 6.45) is -4.13. The monoisotopic (exact) mass is 363 g/mol. The zero-order chi connectivity index (χ0) is 18.9. The Kier molecular flexibility index (Phi) is 4.71. The molecule has 26 heavy (non-hydrogen) atoms. The number of amides is 1. The van der Waals surface area contributed by atoms with Crippen molar-refractivity contribution in [1.82, 2.24) is 0 Å². The maximum absolute atomic E-state index is 13.1. The summed E-state index contributed by atoms with van der Waals surface area (Å²) in [5.41, 5.74) is -0.119. The van der Waals surface area contributed by atoms with E-state index in [2.05, 4.69) is 10.1 Å². The third-order valence-corrected chi connectivity index (χ3v) is 4.38. The van der Waals surface area contributed by atoms with Crippen LogP contribution in [0.15, 0.2) is 48.5 Å². The second-order valence-electron chi connectivity index (χ2n) is 6.06. The molecule has 0 saturated heterocycles. The van der Waals surface area contributed by atoms with Crippen molar-refractivity contribution in [2.75, 3.05) is 12.4 Å². The van der Waals surface area contributed by atoms with Crippen LogP contribution in [0.4, 0.5) is 18.9 Å². The van der Waals surface area contributed by atoms with Gasteiger partial charge in [0.1, 0.15) is 0 Å². The smallest absolute Gasteiger partial charge is 0.416 e. The van der Waals surface area contributed by atoms with E-state index in [9.17, 15) is 22.8 Å². The van der Waals surface area contributed by atoms with E-state index in [0.717, 1.165) is 6.07 Å². The minimum atomic E-state index is -4.46. The quantitative estimate of drug-likeness (QED) is 0.827. The molecule has 0 bridgehead atoms. The van der Waals surface area contributed by atoms with Crippen LogP contribution in [0.5, 0.6) is 0 Å². The molecule has 3 rings (SSSR count). The van der Waals surface area contributed by atoms with Crippen LogP contribution in [-0.2, 0) is 15.7 Å². The highest BCUT2D eigenvalue weighted by atomic mass is 19.4. The Labute approximate surface area is 148 Å². The maximum Gasteiger partial charge on any atom is 0.416 e. The standard InChI is InChI=1S/C19H16F3NO3/c1-26-18(25)12-7-3-5-9-16(12)23-17(24)14-10-13(14)11-6-2-4-8-15(11)19(20,21)22/h2-9,13-14H,10H2,1H3,(H,23,24). The number of carbonyl (C=O) groups excluding carboxylic acids is 2. The summed E-state index contributed by atoms with van der Waals surface area (Å²) in [7, 11) is 1.23. The van der Waals surface area contributed by atoms with Gasteiger partial charge in [0.2, 0.25) is 5.91 Å². The highest BCUT2D eigenvalue weighted by Gasteiger charge is 2.47. The summed E-state index contributed by atoms with van der Waals surface area (Å²) in [4.78, 5) is 24.2. The fourth-order valence-corrected chi connectivity index (χ4v) is 3.01. The zero-order valence-electron chi connectivity index (χ0n) is 13.8. The van der Waals surface area contributed by atoms with Crippen molar-refractivity contribution in [2.45, 2.75) is 18.5 Å². The molecule has 2 aromatic carbocycles. The number of esters is 1. The molecular formula is C19H16F3NO3. The van der Waals surface area contributed by atoms with Crippen LogP contribution in [-0.4, -0.2) is 19.0 Å². The molecule has 1 fully saturated rings. The van der Waals surface area contributed by atoms with E-state index >= 15 is 0 Å². The molecule has 0 spiro atoms. The molecule has 2 unspecified atom stereocenters. The topological polar surface area (TPSA) is 55.4 Å². The number of halogens is 3. The fraction of sp³-hybridized carbons (Fsp3) is 0.263. The van der Waals surface area contributed by atoms with Gasteiger partial charge in [-0.1, -0.05) is 30.3 Å². The van der Waals surface area contributed by atoms with Gasteiger partial charge in [-0.25, -0.2) is 4.79 Å². The molecule has 1 saturated carbocycles. The molecular weight excluding hydrogens is 347 g/mol. The van der Waals surface area contributed by atoms with Gasteiger partial charge in [0.05, 0.1) is 23.9 Å². The summed E-state index contributed by atoms with van der Waals surface area (Å²) >= 11 is 0. The number of methoxy groups -OCH3 is 1. The molecule has 1 N–H and O–H groups in total. The summed E-state index contributed by atoms with van der Waals surface area (Å²) in [6.45, 7) is 0. The Morgan fingerprint density at radius 3 is 2.42 bits per heavy atom. The lowest BCUT2D eigenvalue weighted by molar-refractivity contribution is -0.138. The van der Waals surface area contributed by atoms with Gasteiger partial charge in [-0.15, -0.1) is 0 Å². The van der Waals surface area contributed by atoms with Crippen molar-refractivity contribution in [3.63, 3.8) is 0 Å². The number of hydrogen-bond acceptors (Lipinski definition) is 3. The number of rotatable bonds is 4. The van der Waals surface area contributed by atoms with E-state index in [1.165, 1.54) is 31.4 Å². The number of carbonyl (C=O) groups is 2. The molecule has 1 aliphatic carbocycles. The molecule has 0 aromatic heterocycles. The molecule has 4 nitrogen and oxygen atoms in total. The van der Waals surface area contributed by atoms with E-state index < -0.39 is 35.5 Å². The predicted octanol–water partition coefficient (Wildman–Crippen LogP) is 4.23. The van der Waals surface area contributed by atoms with Crippen molar-refractivity contribution >= 4 is 17.6 Å². The van der Waals surface area contributed by atoms with Gasteiger partial charge in [-0.05, 0) is 36.1 Å². The predicted molar refractivity (Wildman–Crippen MR) is 88.7 cm³/mol. The number of benzene rings is 2. The van der Waals surface area contributed by atoms with Crippen LogP contribution < -0.4 is 5.32 Å². The molecule has 0 radical (unpaired) electrons. The second kappa shape index (κ2) is 6.82. The van der Waals surface area contributed by atoms with Crippen LogP contribution in [0, 0.1) is 5.92 Å². The SMILES string of the molecule is COC(=O)c1ccccc1NC(=O)C1CC1c1ccccc1C(F)(F)F. The number of ether oxygens (including phenoxy) is 1. The first-order valence-electron chi connectivity index (χ1n) is 7.97. The lowest BCUT2D eigenvalue weighted by atomic mass is 10.0. The number of nitrogens with one attached hydrogen (secondary N) is 1. The van der Waals surface area contributed by atoms with Gasteiger partial charge >= 0.3 is 12.1 Å². The van der Waals surface area contributed by atoms with E-state index in [1.807, 2.05) is 0 Å². The highest BCUT2D eigenvalue weighted by molar-refractivity contribution is 6.02. The van der Waals surface area contributed by atoms with E-state index in [0.29, 0.717) is 6.42 Å². The van der Waals surface area contributed by atoms with Gasteiger partial charge in [-0.3, -0.25) is 4.79 Å². The number of alkyl halides is 3. The summed E-state index contributed by atoms with van der Waals surface area (Å²) in [6, 6.07) is 11.6. The summed E-state index contributed by atoms with van der Waals surface area (Å²) in [5, 5.41) is 2.62. The summed E-state index contributed by atoms with van der Waals surface area (Å²) < 4.78 is 44.1. The average Bonchev–Trinajstić information content (AvgIpc) is 3.41. The normalized spacial score (nSPS) is 18.9. The van der Waals surface area contributed by atoms with E-state index in [-0.39, 0.29) is 16.8 Å². The molecule has 1 amide bonds. The third kappa shape index (κ3) is 3.56. The first kappa shape index (κ1) is 18.0. The highest BCUT2D eigenvalue weighted by Crippen LogP contribution is 2.51. The van der Waals surface area contributed by atoms with E-state index in [4.69, 9.17) is 0 Å². The Morgan fingerprint density at radius 1 is 1.08 bits per heavy atom. The van der Waals surface area contributed by atoms with Crippen molar-refractivity contribution in [2.24, 2.45) is 5.92 Å². The Hall–Kier alpha value is -2.83. The first-order valence-corrected chi connectivity index (χ1v) is 7.97. The molecule has 1 aliphatic rings. The minimum absolute atomic E-state index is 0.126. The van der Waals surface area contributed by atoms with Gasteiger partial charge in [-0.2, -0.15) is 13.2 Å². The van der Waals surface area contributed by atoms with Crippen LogP contribution >= 0.6 is 0 Å². The maximum atomic E-state index is 13.1. The molecule has 2 aromatic rings. The van der Waals surface area contributed by atoms with Gasteiger partial charge < -0.3 is 10.1 Å². The number of para-hydroxylation sites is 1. The third-order valence-electron chi connectivity index (χ3n) is 4.38. The van der Waals surface area contributed by atoms with Crippen LogP contribution in [0.1, 0.15) is 33.8 Å². The number of anilines is 1. The fourth-order valence-electron chi connectivity index (χ4n) is 3.01. The van der Waals surface area contributed by atoms with Crippen molar-refractivity contribution < 1.29 is 27.5 Å². The van der Waals surface area contributed by atoms with Crippen molar-refractivity contribution in [3.05, 3.63) is 65.2 Å². The minimum Gasteiger partial charge on any atom is -0.465 e. The van der Waals surface area contributed by atoms with Crippen molar-refractivity contribution in [3.8, 4) is 0 Å². The van der Waals surface area contributed by atoms with E-state index in [1.54, 1.807) is 18.2 Å². The molecule has 0 aliphatic heterocycles. The summed E-state index contributed by atoms with van der Waals surface area (Å²) in [5.74, 6) is -2.07. The van der Waals surface area contributed by atoms with Crippen LogP contribution in [0.3, 0.4) is 0 Å². The Morgan fingerprint density at radius 2 is 1.73 bits per heavy atom. The number of hydrogen-bond donors (Lipinski definition) is 1. The lowest BCUT2D eigenvalue weighted by Gasteiger charge is -2.13.